The minimum absolute atomic E-state index is 0. The van der Waals surface area contributed by atoms with Gasteiger partial charge in [-0.05, 0) is 24.3 Å². The number of aromatic nitrogens is 4. The Morgan fingerprint density at radius 3 is 1.23 bits per heavy atom. The van der Waals surface area contributed by atoms with Crippen LogP contribution in [0.1, 0.15) is 21.0 Å². The summed E-state index contributed by atoms with van der Waals surface area (Å²) in [5.41, 5.74) is 2.43. The number of hydrogen-bond acceptors (Lipinski definition) is 8. The van der Waals surface area contributed by atoms with Crippen molar-refractivity contribution in [2.24, 2.45) is 0 Å². The molecular formula is C26H14N4O4Zn. The second-order valence-corrected chi connectivity index (χ2v) is 7.39. The Bertz CT molecular complexity index is 1610. The van der Waals surface area contributed by atoms with E-state index >= 15 is 0 Å². The van der Waals surface area contributed by atoms with Gasteiger partial charge in [0.2, 0.25) is 0 Å². The van der Waals surface area contributed by atoms with Crippen LogP contribution in [0.4, 0.5) is 0 Å². The largest absolute Gasteiger partial charge is 2.00 e. The first-order valence-corrected chi connectivity index (χ1v) is 10.2. The summed E-state index contributed by atoms with van der Waals surface area (Å²) in [6.07, 6.45) is 3.32. The quantitative estimate of drug-likeness (QED) is 0.255. The van der Waals surface area contributed by atoms with Crippen molar-refractivity contribution in [3.63, 3.8) is 0 Å². The SMILES string of the molecule is O=C([O-])c1ccc2ccc3cccnc3c2n1.O=C([O-])c1ccc2ccc3cccnc3c2n1.[Zn+2]. The molecule has 0 atom stereocenters. The Morgan fingerprint density at radius 1 is 0.514 bits per heavy atom. The van der Waals surface area contributed by atoms with Gasteiger partial charge in [0.25, 0.3) is 0 Å². The number of aromatic carboxylic acids is 2. The molecule has 35 heavy (non-hydrogen) atoms. The molecule has 0 saturated heterocycles. The number of hydrogen-bond donors (Lipinski definition) is 0. The summed E-state index contributed by atoms with van der Waals surface area (Å²) in [7, 11) is 0. The van der Waals surface area contributed by atoms with Gasteiger partial charge in [0, 0.05) is 33.9 Å². The predicted octanol–water partition coefficient (Wildman–Crippen LogP) is 2.29. The van der Waals surface area contributed by atoms with E-state index in [-0.39, 0.29) is 30.9 Å². The van der Waals surface area contributed by atoms with Gasteiger partial charge in [-0.2, -0.15) is 0 Å². The molecule has 0 aliphatic rings. The summed E-state index contributed by atoms with van der Waals surface area (Å²) in [5.74, 6) is -2.56. The summed E-state index contributed by atoms with van der Waals surface area (Å²) >= 11 is 0. The number of carboxylic acid groups (broad SMARTS) is 2. The van der Waals surface area contributed by atoms with Crippen molar-refractivity contribution in [3.05, 3.63) is 96.6 Å². The number of nitrogens with zero attached hydrogens (tertiary/aromatic N) is 4. The summed E-state index contributed by atoms with van der Waals surface area (Å²) in [5, 5.41) is 25.2. The number of benzene rings is 2. The first kappa shape index (κ1) is 23.8. The summed E-state index contributed by atoms with van der Waals surface area (Å²) in [4.78, 5) is 38.2. The average molecular weight is 512 g/mol. The monoisotopic (exact) mass is 510 g/mol. The Balaban J connectivity index is 0.000000160. The van der Waals surface area contributed by atoms with Crippen LogP contribution >= 0.6 is 0 Å². The third-order valence-corrected chi connectivity index (χ3v) is 5.28. The Kier molecular flexibility index (Phi) is 6.71. The normalized spacial score (nSPS) is 10.5. The Hall–Kier alpha value is -4.36. The molecule has 0 N–H and O–H groups in total. The van der Waals surface area contributed by atoms with E-state index in [1.54, 1.807) is 24.5 Å². The van der Waals surface area contributed by atoms with Crippen LogP contribution in [0.15, 0.2) is 85.2 Å². The van der Waals surface area contributed by atoms with Gasteiger partial charge >= 0.3 is 19.5 Å². The summed E-state index contributed by atoms with van der Waals surface area (Å²) < 4.78 is 0. The maximum absolute atomic E-state index is 10.8. The maximum atomic E-state index is 10.8. The molecule has 0 aliphatic carbocycles. The molecule has 0 radical (unpaired) electrons. The van der Waals surface area contributed by atoms with E-state index in [4.69, 9.17) is 0 Å². The van der Waals surface area contributed by atoms with Gasteiger partial charge in [-0.1, -0.05) is 48.5 Å². The van der Waals surface area contributed by atoms with Crippen LogP contribution in [0, 0.1) is 0 Å². The van der Waals surface area contributed by atoms with Gasteiger partial charge in [-0.3, -0.25) is 9.97 Å². The van der Waals surface area contributed by atoms with E-state index in [9.17, 15) is 19.8 Å². The molecule has 0 bridgehead atoms. The predicted molar refractivity (Wildman–Crippen MR) is 123 cm³/mol. The van der Waals surface area contributed by atoms with E-state index in [1.165, 1.54) is 12.1 Å². The molecule has 0 fully saturated rings. The van der Waals surface area contributed by atoms with Crippen molar-refractivity contribution in [3.8, 4) is 0 Å². The number of carbonyl (C=O) groups excluding carboxylic acids is 2. The van der Waals surface area contributed by atoms with E-state index < -0.39 is 11.9 Å². The van der Waals surface area contributed by atoms with Crippen LogP contribution in [0.5, 0.6) is 0 Å². The molecule has 2 aromatic carbocycles. The first-order chi connectivity index (χ1) is 16.5. The van der Waals surface area contributed by atoms with Gasteiger partial charge < -0.3 is 19.8 Å². The number of rotatable bonds is 2. The van der Waals surface area contributed by atoms with Gasteiger partial charge in [0.05, 0.1) is 45.4 Å². The van der Waals surface area contributed by atoms with Gasteiger partial charge in [0.15, 0.2) is 0 Å². The number of fused-ring (bicyclic) bond motifs is 6. The van der Waals surface area contributed by atoms with Crippen molar-refractivity contribution < 1.29 is 39.3 Å². The zero-order valence-corrected chi connectivity index (χ0v) is 21.2. The summed E-state index contributed by atoms with van der Waals surface area (Å²) in [6.45, 7) is 0. The summed E-state index contributed by atoms with van der Waals surface area (Å²) in [6, 6.07) is 21.4. The molecule has 8 nitrogen and oxygen atoms in total. The van der Waals surface area contributed by atoms with Crippen LogP contribution < -0.4 is 10.2 Å². The van der Waals surface area contributed by atoms with E-state index in [0.717, 1.165) is 21.5 Å². The minimum atomic E-state index is -1.28. The third kappa shape index (κ3) is 4.67. The molecular weight excluding hydrogens is 498 g/mol. The van der Waals surface area contributed by atoms with Gasteiger partial charge in [0.1, 0.15) is 0 Å². The van der Waals surface area contributed by atoms with Crippen LogP contribution in [-0.4, -0.2) is 31.9 Å². The standard InChI is InChI=1S/2C13H8N2O2.Zn/c2*16-13(17)10-6-5-9-4-3-8-2-1-7-14-11(8)12(9)15-10;/h2*1-7H,(H,16,17);/q;;+2/p-2. The molecule has 6 aromatic rings. The van der Waals surface area contributed by atoms with Crippen molar-refractivity contribution in [1.29, 1.82) is 0 Å². The first-order valence-electron chi connectivity index (χ1n) is 10.2. The number of carbonyl (C=O) groups is 2. The molecule has 9 heteroatoms. The molecule has 0 saturated carbocycles. The molecule has 0 unspecified atom stereocenters. The van der Waals surface area contributed by atoms with Crippen molar-refractivity contribution >= 4 is 55.6 Å². The molecule has 0 amide bonds. The zero-order valence-electron chi connectivity index (χ0n) is 18.2. The number of carboxylic acids is 2. The molecule has 164 valence electrons. The Labute approximate surface area is 211 Å². The second-order valence-electron chi connectivity index (χ2n) is 7.39. The molecule has 4 aromatic heterocycles. The number of pyridine rings is 4. The molecule has 6 rings (SSSR count). The van der Waals surface area contributed by atoms with Crippen molar-refractivity contribution in [2.45, 2.75) is 0 Å². The fraction of sp³-hybridized carbons (Fsp3) is 0. The third-order valence-electron chi connectivity index (χ3n) is 5.28. The van der Waals surface area contributed by atoms with Gasteiger partial charge in [-0.15, -0.1) is 0 Å². The fourth-order valence-electron chi connectivity index (χ4n) is 3.67. The topological polar surface area (TPSA) is 132 Å². The zero-order chi connectivity index (χ0) is 23.7. The maximum Gasteiger partial charge on any atom is 2.00 e. The van der Waals surface area contributed by atoms with Crippen LogP contribution in [0.2, 0.25) is 0 Å². The second kappa shape index (κ2) is 9.87. The van der Waals surface area contributed by atoms with Gasteiger partial charge in [-0.25, -0.2) is 9.97 Å². The van der Waals surface area contributed by atoms with Crippen LogP contribution in [0.25, 0.3) is 43.6 Å². The van der Waals surface area contributed by atoms with Crippen molar-refractivity contribution in [1.82, 2.24) is 19.9 Å². The van der Waals surface area contributed by atoms with Crippen molar-refractivity contribution in [2.75, 3.05) is 0 Å². The average Bonchev–Trinajstić information content (AvgIpc) is 2.88. The fourth-order valence-corrected chi connectivity index (χ4v) is 3.67. The smallest absolute Gasteiger partial charge is 0.543 e. The molecule has 0 spiro atoms. The van der Waals surface area contributed by atoms with E-state index in [2.05, 4.69) is 19.9 Å². The van der Waals surface area contributed by atoms with Crippen LogP contribution in [-0.2, 0) is 19.5 Å². The minimum Gasteiger partial charge on any atom is -0.543 e. The molecule has 4 heterocycles. The van der Waals surface area contributed by atoms with Crippen LogP contribution in [0.3, 0.4) is 0 Å². The molecule has 0 aliphatic heterocycles. The van der Waals surface area contributed by atoms with E-state index in [1.807, 2.05) is 48.5 Å². The van der Waals surface area contributed by atoms with E-state index in [0.29, 0.717) is 22.1 Å². The Morgan fingerprint density at radius 2 is 0.857 bits per heavy atom.